The van der Waals surface area contributed by atoms with Crippen LogP contribution in [-0.4, -0.2) is 54.4 Å². The molecule has 0 spiro atoms. The normalized spacial score (nSPS) is 16.0. The lowest BCUT2D eigenvalue weighted by Gasteiger charge is -2.40. The maximum Gasteiger partial charge on any atom is 0.410 e. The molecular formula is C25H37NO7. The average Bonchev–Trinajstić information content (AvgIpc) is 2.65. The van der Waals surface area contributed by atoms with Crippen molar-refractivity contribution < 1.29 is 33.3 Å². The molecular weight excluding hydrogens is 426 g/mol. The number of esters is 2. The molecule has 0 N–H and O–H groups in total. The number of hydrogen-bond acceptors (Lipinski definition) is 7. The lowest BCUT2D eigenvalue weighted by molar-refractivity contribution is -0.170. The van der Waals surface area contributed by atoms with Crippen LogP contribution in [0.5, 0.6) is 5.75 Å². The van der Waals surface area contributed by atoms with Gasteiger partial charge in [-0.05, 0) is 84.6 Å². The number of carbonyl (C=O) groups is 3. The third-order valence-corrected chi connectivity index (χ3v) is 5.09. The number of fused-ring (bicyclic) bond motifs is 1. The van der Waals surface area contributed by atoms with Crippen LogP contribution in [-0.2, 0) is 30.2 Å². The van der Waals surface area contributed by atoms with Crippen molar-refractivity contribution in [3.63, 3.8) is 0 Å². The molecule has 0 bridgehead atoms. The SMILES string of the molecule is COc1cc2c(cc1C)CCN(C(=O)OC(C)(C)C)[C@@H]2C(C(=O)OC(C)C)C(=O)OC(C)C. The molecule has 2 rings (SSSR count). The smallest absolute Gasteiger partial charge is 0.410 e. The van der Waals surface area contributed by atoms with E-state index in [1.165, 1.54) is 4.90 Å². The van der Waals surface area contributed by atoms with E-state index in [9.17, 15) is 14.4 Å². The lowest BCUT2D eigenvalue weighted by atomic mass is 9.83. The van der Waals surface area contributed by atoms with E-state index in [2.05, 4.69) is 0 Å². The van der Waals surface area contributed by atoms with Gasteiger partial charge in [0.1, 0.15) is 11.4 Å². The van der Waals surface area contributed by atoms with Gasteiger partial charge in [0.25, 0.3) is 0 Å². The maximum atomic E-state index is 13.2. The Morgan fingerprint density at radius 2 is 1.55 bits per heavy atom. The molecule has 1 aliphatic heterocycles. The summed E-state index contributed by atoms with van der Waals surface area (Å²) in [5.74, 6) is -2.28. The van der Waals surface area contributed by atoms with Gasteiger partial charge in [0.15, 0.2) is 5.92 Å². The number of carbonyl (C=O) groups excluding carboxylic acids is 3. The minimum Gasteiger partial charge on any atom is -0.496 e. The fraction of sp³-hybridized carbons (Fsp3) is 0.640. The molecule has 1 heterocycles. The van der Waals surface area contributed by atoms with Crippen molar-refractivity contribution in [3.8, 4) is 5.75 Å². The van der Waals surface area contributed by atoms with Crippen LogP contribution in [0, 0.1) is 12.8 Å². The molecule has 8 nitrogen and oxygen atoms in total. The number of nitrogens with zero attached hydrogens (tertiary/aromatic N) is 1. The molecule has 0 aromatic heterocycles. The van der Waals surface area contributed by atoms with Gasteiger partial charge in [-0.1, -0.05) is 6.07 Å². The molecule has 0 radical (unpaired) electrons. The van der Waals surface area contributed by atoms with Crippen LogP contribution < -0.4 is 4.74 Å². The van der Waals surface area contributed by atoms with E-state index in [0.717, 1.165) is 11.1 Å². The number of hydrogen-bond donors (Lipinski definition) is 0. The molecule has 1 aliphatic rings. The van der Waals surface area contributed by atoms with Gasteiger partial charge >= 0.3 is 18.0 Å². The first-order chi connectivity index (χ1) is 15.2. The van der Waals surface area contributed by atoms with Crippen molar-refractivity contribution in [1.82, 2.24) is 4.90 Å². The predicted molar refractivity (Wildman–Crippen MR) is 123 cm³/mol. The Kier molecular flexibility index (Phi) is 8.38. The van der Waals surface area contributed by atoms with Crippen LogP contribution in [0.3, 0.4) is 0 Å². The monoisotopic (exact) mass is 463 g/mol. The van der Waals surface area contributed by atoms with Gasteiger partial charge in [0, 0.05) is 6.54 Å². The number of methoxy groups -OCH3 is 1. The van der Waals surface area contributed by atoms with Gasteiger partial charge in [-0.15, -0.1) is 0 Å². The Labute approximate surface area is 196 Å². The number of amides is 1. The van der Waals surface area contributed by atoms with Crippen molar-refractivity contribution in [2.45, 2.75) is 85.7 Å². The second-order valence-corrected chi connectivity index (χ2v) is 9.84. The summed E-state index contributed by atoms with van der Waals surface area (Å²) in [5, 5.41) is 0. The highest BCUT2D eigenvalue weighted by molar-refractivity contribution is 5.97. The summed E-state index contributed by atoms with van der Waals surface area (Å²) in [7, 11) is 1.55. The Bertz CT molecular complexity index is 863. The van der Waals surface area contributed by atoms with Crippen LogP contribution >= 0.6 is 0 Å². The average molecular weight is 464 g/mol. The molecule has 0 aliphatic carbocycles. The first kappa shape index (κ1) is 26.5. The molecule has 0 unspecified atom stereocenters. The summed E-state index contributed by atoms with van der Waals surface area (Å²) in [6.45, 7) is 14.3. The Balaban J connectivity index is 2.69. The summed E-state index contributed by atoms with van der Waals surface area (Å²) in [5.41, 5.74) is 1.74. The molecule has 1 aromatic rings. The summed E-state index contributed by atoms with van der Waals surface area (Å²) in [4.78, 5) is 41.1. The summed E-state index contributed by atoms with van der Waals surface area (Å²) < 4.78 is 22.0. The maximum absolute atomic E-state index is 13.2. The zero-order valence-electron chi connectivity index (χ0n) is 21.2. The van der Waals surface area contributed by atoms with Crippen molar-refractivity contribution in [3.05, 3.63) is 28.8 Å². The van der Waals surface area contributed by atoms with Crippen LogP contribution in [0.1, 0.15) is 71.2 Å². The van der Waals surface area contributed by atoms with Crippen LogP contribution in [0.4, 0.5) is 4.79 Å². The van der Waals surface area contributed by atoms with E-state index < -0.39 is 47.8 Å². The zero-order valence-corrected chi connectivity index (χ0v) is 21.2. The van der Waals surface area contributed by atoms with Gasteiger partial charge in [-0.2, -0.15) is 0 Å². The standard InChI is InChI=1S/C25H37NO7/c1-14(2)31-22(27)20(23(28)32-15(3)4)21-18-13-19(30-9)16(5)12-17(18)10-11-26(21)24(29)33-25(6,7)8/h12-15,20-21H,10-11H2,1-9H3/t21-/m0/s1. The highest BCUT2D eigenvalue weighted by atomic mass is 16.6. The number of benzene rings is 1. The fourth-order valence-electron chi connectivity index (χ4n) is 3.87. The highest BCUT2D eigenvalue weighted by Crippen LogP contribution is 2.40. The first-order valence-corrected chi connectivity index (χ1v) is 11.3. The minimum atomic E-state index is -1.38. The number of aryl methyl sites for hydroxylation is 1. The van der Waals surface area contributed by atoms with E-state index in [-0.39, 0.29) is 6.54 Å². The molecule has 0 saturated carbocycles. The summed E-state index contributed by atoms with van der Waals surface area (Å²) in [6, 6.07) is 2.78. The van der Waals surface area contributed by atoms with Crippen LogP contribution in [0.15, 0.2) is 12.1 Å². The third kappa shape index (κ3) is 6.62. The Morgan fingerprint density at radius 1 is 1.00 bits per heavy atom. The Morgan fingerprint density at radius 3 is 2.00 bits per heavy atom. The van der Waals surface area contributed by atoms with Crippen LogP contribution in [0.25, 0.3) is 0 Å². The molecule has 1 aromatic carbocycles. The van der Waals surface area contributed by atoms with E-state index in [4.69, 9.17) is 18.9 Å². The second kappa shape index (κ2) is 10.4. The van der Waals surface area contributed by atoms with Gasteiger partial charge in [-0.3, -0.25) is 14.5 Å². The summed E-state index contributed by atoms with van der Waals surface area (Å²) in [6.07, 6.45) is -0.964. The molecule has 184 valence electrons. The van der Waals surface area contributed by atoms with Crippen molar-refractivity contribution in [2.75, 3.05) is 13.7 Å². The molecule has 0 saturated heterocycles. The highest BCUT2D eigenvalue weighted by Gasteiger charge is 2.47. The van der Waals surface area contributed by atoms with Crippen molar-refractivity contribution in [2.24, 2.45) is 5.92 Å². The van der Waals surface area contributed by atoms with Gasteiger partial charge in [-0.25, -0.2) is 4.79 Å². The molecule has 33 heavy (non-hydrogen) atoms. The molecule has 0 fully saturated rings. The fourth-order valence-corrected chi connectivity index (χ4v) is 3.87. The van der Waals surface area contributed by atoms with E-state index >= 15 is 0 Å². The van der Waals surface area contributed by atoms with E-state index in [1.807, 2.05) is 13.0 Å². The quantitative estimate of drug-likeness (QED) is 0.352. The molecule has 8 heteroatoms. The predicted octanol–water partition coefficient (Wildman–Crippen LogP) is 4.36. The zero-order chi connectivity index (χ0) is 25.1. The molecule has 1 atom stereocenters. The third-order valence-electron chi connectivity index (χ3n) is 5.09. The van der Waals surface area contributed by atoms with Gasteiger partial charge in [0.05, 0.1) is 25.4 Å². The van der Waals surface area contributed by atoms with E-state index in [0.29, 0.717) is 17.7 Å². The number of ether oxygens (including phenoxy) is 4. The van der Waals surface area contributed by atoms with Gasteiger partial charge in [0.2, 0.25) is 0 Å². The van der Waals surface area contributed by atoms with Crippen molar-refractivity contribution >= 4 is 18.0 Å². The largest absolute Gasteiger partial charge is 0.496 e. The summed E-state index contributed by atoms with van der Waals surface area (Å²) >= 11 is 0. The van der Waals surface area contributed by atoms with E-state index in [1.54, 1.807) is 61.6 Å². The van der Waals surface area contributed by atoms with Crippen LogP contribution in [0.2, 0.25) is 0 Å². The molecule has 1 amide bonds. The number of rotatable bonds is 6. The van der Waals surface area contributed by atoms with Crippen molar-refractivity contribution in [1.29, 1.82) is 0 Å². The Hall–Kier alpha value is -2.77. The second-order valence-electron chi connectivity index (χ2n) is 9.84. The topological polar surface area (TPSA) is 91.4 Å². The van der Waals surface area contributed by atoms with Gasteiger partial charge < -0.3 is 18.9 Å². The first-order valence-electron chi connectivity index (χ1n) is 11.3. The lowest BCUT2D eigenvalue weighted by Crippen LogP contribution is -2.50. The minimum absolute atomic E-state index is 0.277.